The molecule has 0 spiro atoms. The summed E-state index contributed by atoms with van der Waals surface area (Å²) in [4.78, 5) is 4.53. The summed E-state index contributed by atoms with van der Waals surface area (Å²) in [6.07, 6.45) is 5.92. The summed E-state index contributed by atoms with van der Waals surface area (Å²) < 4.78 is 2.00. The second kappa shape index (κ2) is 5.02. The maximum absolute atomic E-state index is 4.53. The fourth-order valence-corrected chi connectivity index (χ4v) is 2.09. The molecule has 1 aromatic heterocycles. The van der Waals surface area contributed by atoms with Crippen LogP contribution in [0.1, 0.15) is 5.56 Å². The maximum atomic E-state index is 4.53. The monoisotopic (exact) mass is 247 g/mol. The quantitative estimate of drug-likeness (QED) is 0.487. The largest absolute Gasteiger partial charge is 0.256 e. The van der Waals surface area contributed by atoms with Crippen molar-refractivity contribution in [3.05, 3.63) is 72.6 Å². The Balaban J connectivity index is 1.99. The number of hydrogen-bond donors (Lipinski definition) is 0. The zero-order valence-electron chi connectivity index (χ0n) is 10.8. The minimum Gasteiger partial charge on any atom is -0.256 e. The topological polar surface area (TPSA) is 16.2 Å². The lowest BCUT2D eigenvalue weighted by atomic mass is 10.1. The van der Waals surface area contributed by atoms with Gasteiger partial charge in [-0.2, -0.15) is 0 Å². The highest BCUT2D eigenvalue weighted by molar-refractivity contribution is 6.00. The van der Waals surface area contributed by atoms with Crippen molar-refractivity contribution in [2.45, 2.75) is 0 Å². The van der Waals surface area contributed by atoms with Crippen molar-refractivity contribution in [1.29, 1.82) is 0 Å². The summed E-state index contributed by atoms with van der Waals surface area (Å²) in [5.41, 5.74) is 2.11. The molecule has 0 saturated heterocycles. The molecule has 0 aliphatic rings. The van der Waals surface area contributed by atoms with Gasteiger partial charge in [0.25, 0.3) is 0 Å². The molecular formula is C17H15N2+. The molecule has 0 bridgehead atoms. The Hall–Kier alpha value is -2.48. The Morgan fingerprint density at radius 3 is 2.47 bits per heavy atom. The van der Waals surface area contributed by atoms with E-state index >= 15 is 0 Å². The van der Waals surface area contributed by atoms with E-state index < -0.39 is 0 Å². The summed E-state index contributed by atoms with van der Waals surface area (Å²) >= 11 is 0. The average molecular weight is 247 g/mol. The van der Waals surface area contributed by atoms with Gasteiger partial charge in [0.2, 0.25) is 0 Å². The fraction of sp³-hybridized carbons (Fsp3) is 0.0588. The number of aromatic nitrogens is 1. The number of rotatable bonds is 2. The summed E-state index contributed by atoms with van der Waals surface area (Å²) in [5, 5.41) is 2.47. The van der Waals surface area contributed by atoms with Crippen LogP contribution in [-0.2, 0) is 7.05 Å². The van der Waals surface area contributed by atoms with Crippen molar-refractivity contribution < 1.29 is 4.57 Å². The Bertz CT molecular complexity index is 722. The van der Waals surface area contributed by atoms with Gasteiger partial charge in [0.1, 0.15) is 7.05 Å². The van der Waals surface area contributed by atoms with Gasteiger partial charge in [-0.05, 0) is 10.8 Å². The maximum Gasteiger partial charge on any atom is 0.170 e. The molecule has 0 radical (unpaired) electrons. The van der Waals surface area contributed by atoms with Crippen molar-refractivity contribution in [1.82, 2.24) is 0 Å². The number of hydrogen-bond acceptors (Lipinski definition) is 1. The summed E-state index contributed by atoms with van der Waals surface area (Å²) in [7, 11) is 2.00. The first-order valence-electron chi connectivity index (χ1n) is 6.30. The fourth-order valence-electron chi connectivity index (χ4n) is 2.09. The normalized spacial score (nSPS) is 11.2. The lowest BCUT2D eigenvalue weighted by molar-refractivity contribution is -0.671. The van der Waals surface area contributed by atoms with E-state index in [1.54, 1.807) is 0 Å². The molecule has 1 heterocycles. The van der Waals surface area contributed by atoms with Crippen LogP contribution in [0.3, 0.4) is 0 Å². The van der Waals surface area contributed by atoms with Crippen LogP contribution in [0.5, 0.6) is 0 Å². The van der Waals surface area contributed by atoms with Gasteiger partial charge >= 0.3 is 0 Å². The first kappa shape index (κ1) is 11.6. The highest BCUT2D eigenvalue weighted by Crippen LogP contribution is 2.18. The zero-order chi connectivity index (χ0) is 13.1. The summed E-state index contributed by atoms with van der Waals surface area (Å²) in [6.45, 7) is 0. The number of aryl methyl sites for hydroxylation is 1. The van der Waals surface area contributed by atoms with E-state index in [1.165, 1.54) is 10.8 Å². The van der Waals surface area contributed by atoms with Crippen LogP contribution in [0, 0.1) is 0 Å². The van der Waals surface area contributed by atoms with Crippen molar-refractivity contribution in [3.8, 4) is 0 Å². The van der Waals surface area contributed by atoms with Crippen molar-refractivity contribution in [2.75, 3.05) is 0 Å². The summed E-state index contributed by atoms with van der Waals surface area (Å²) in [5.74, 6) is 0. The van der Waals surface area contributed by atoms with Crippen LogP contribution < -0.4 is 4.57 Å². The van der Waals surface area contributed by atoms with Crippen LogP contribution in [0.25, 0.3) is 10.8 Å². The second-order valence-electron chi connectivity index (χ2n) is 4.55. The van der Waals surface area contributed by atoms with E-state index in [9.17, 15) is 0 Å². The number of nitrogens with zero attached hydrogens (tertiary/aromatic N) is 2. The summed E-state index contributed by atoms with van der Waals surface area (Å²) in [6, 6.07) is 18.6. The molecule has 0 N–H and O–H groups in total. The highest BCUT2D eigenvalue weighted by atomic mass is 14.9. The number of aliphatic imine (C=N–C) groups is 1. The predicted octanol–water partition coefficient (Wildman–Crippen LogP) is 3.41. The lowest BCUT2D eigenvalue weighted by Gasteiger charge is -2.01. The molecule has 0 saturated carbocycles. The molecular weight excluding hydrogens is 232 g/mol. The number of pyridine rings is 1. The third-order valence-corrected chi connectivity index (χ3v) is 3.14. The lowest BCUT2D eigenvalue weighted by Crippen LogP contribution is -2.25. The molecule has 0 unspecified atom stereocenters. The van der Waals surface area contributed by atoms with Gasteiger partial charge in [0.15, 0.2) is 12.4 Å². The van der Waals surface area contributed by atoms with Gasteiger partial charge in [0, 0.05) is 23.9 Å². The van der Waals surface area contributed by atoms with Crippen LogP contribution in [-0.4, -0.2) is 6.21 Å². The van der Waals surface area contributed by atoms with Crippen molar-refractivity contribution in [3.63, 3.8) is 0 Å². The van der Waals surface area contributed by atoms with Gasteiger partial charge in [-0.15, -0.1) is 0 Å². The third kappa shape index (κ3) is 2.52. The minimum absolute atomic E-state index is 0.964. The van der Waals surface area contributed by atoms with E-state index in [1.807, 2.05) is 42.4 Å². The average Bonchev–Trinajstić information content (AvgIpc) is 2.47. The number of benzene rings is 2. The first-order valence-corrected chi connectivity index (χ1v) is 6.30. The van der Waals surface area contributed by atoms with E-state index in [0.717, 1.165) is 11.3 Å². The first-order chi connectivity index (χ1) is 9.33. The van der Waals surface area contributed by atoms with E-state index in [-0.39, 0.29) is 0 Å². The smallest absolute Gasteiger partial charge is 0.170 e. The van der Waals surface area contributed by atoms with Crippen LogP contribution in [0.2, 0.25) is 0 Å². The number of fused-ring (bicyclic) bond motifs is 1. The van der Waals surface area contributed by atoms with Crippen LogP contribution in [0.4, 0.5) is 5.69 Å². The standard InChI is InChI=1S/C17H15N2/c1-19-11-9-16(10-12-19)18-13-15-7-4-6-14-5-2-3-8-17(14)15/h2-13H,1H3/q+1. The molecule has 0 aliphatic carbocycles. The van der Waals surface area contributed by atoms with Gasteiger partial charge in [0.05, 0.1) is 5.69 Å². The second-order valence-corrected chi connectivity index (χ2v) is 4.55. The SMILES string of the molecule is C[n+]1ccc(N=Cc2cccc3ccccc23)cc1. The Labute approximate surface area is 112 Å². The van der Waals surface area contributed by atoms with E-state index in [2.05, 4.69) is 47.5 Å². The third-order valence-electron chi connectivity index (χ3n) is 3.14. The van der Waals surface area contributed by atoms with E-state index in [4.69, 9.17) is 0 Å². The molecule has 19 heavy (non-hydrogen) atoms. The Kier molecular flexibility index (Phi) is 3.07. The van der Waals surface area contributed by atoms with Crippen LogP contribution >= 0.6 is 0 Å². The van der Waals surface area contributed by atoms with Gasteiger partial charge in [-0.25, -0.2) is 4.57 Å². The molecule has 2 nitrogen and oxygen atoms in total. The molecule has 2 aromatic carbocycles. The molecule has 0 amide bonds. The Morgan fingerprint density at radius 2 is 1.63 bits per heavy atom. The molecule has 3 aromatic rings. The highest BCUT2D eigenvalue weighted by Gasteiger charge is 1.97. The van der Waals surface area contributed by atoms with Gasteiger partial charge < -0.3 is 0 Å². The molecule has 0 atom stereocenters. The molecule has 2 heteroatoms. The molecule has 0 aliphatic heterocycles. The predicted molar refractivity (Wildman–Crippen MR) is 78.8 cm³/mol. The van der Waals surface area contributed by atoms with Crippen molar-refractivity contribution in [2.24, 2.45) is 12.0 Å². The zero-order valence-corrected chi connectivity index (χ0v) is 10.8. The molecule has 3 rings (SSSR count). The Morgan fingerprint density at radius 1 is 0.895 bits per heavy atom. The van der Waals surface area contributed by atoms with Gasteiger partial charge in [-0.1, -0.05) is 42.5 Å². The minimum atomic E-state index is 0.964. The van der Waals surface area contributed by atoms with Crippen molar-refractivity contribution >= 4 is 22.7 Å². The van der Waals surface area contributed by atoms with Crippen LogP contribution in [0.15, 0.2) is 72.0 Å². The molecule has 92 valence electrons. The van der Waals surface area contributed by atoms with Gasteiger partial charge in [-0.3, -0.25) is 4.99 Å². The molecule has 0 fully saturated rings. The van der Waals surface area contributed by atoms with E-state index in [0.29, 0.717) is 0 Å².